The SMILES string of the molecule is CCCCOCCNc1cccc(OCC)c1. The molecular weight excluding hydrogens is 214 g/mol. The monoisotopic (exact) mass is 237 g/mol. The fraction of sp³-hybridized carbons (Fsp3) is 0.571. The first kappa shape index (κ1) is 13.8. The Labute approximate surface area is 104 Å². The third-order valence-electron chi connectivity index (χ3n) is 2.36. The molecule has 3 nitrogen and oxygen atoms in total. The lowest BCUT2D eigenvalue weighted by molar-refractivity contribution is 0.141. The van der Waals surface area contributed by atoms with E-state index in [-0.39, 0.29) is 0 Å². The van der Waals surface area contributed by atoms with Crippen molar-refractivity contribution in [1.82, 2.24) is 0 Å². The molecule has 1 aromatic rings. The van der Waals surface area contributed by atoms with Gasteiger partial charge >= 0.3 is 0 Å². The minimum Gasteiger partial charge on any atom is -0.494 e. The van der Waals surface area contributed by atoms with Crippen molar-refractivity contribution in [2.45, 2.75) is 26.7 Å². The lowest BCUT2D eigenvalue weighted by atomic mass is 10.3. The molecule has 0 heterocycles. The first-order valence-electron chi connectivity index (χ1n) is 6.41. The smallest absolute Gasteiger partial charge is 0.121 e. The van der Waals surface area contributed by atoms with Gasteiger partial charge in [-0.3, -0.25) is 0 Å². The number of unbranched alkanes of at least 4 members (excludes halogenated alkanes) is 1. The second-order valence-electron chi connectivity index (χ2n) is 3.85. The molecule has 0 radical (unpaired) electrons. The van der Waals surface area contributed by atoms with Crippen LogP contribution in [0.5, 0.6) is 5.75 Å². The highest BCUT2D eigenvalue weighted by Gasteiger charge is 1.95. The zero-order valence-electron chi connectivity index (χ0n) is 10.9. The zero-order valence-corrected chi connectivity index (χ0v) is 10.9. The van der Waals surface area contributed by atoms with Gasteiger partial charge in [0.25, 0.3) is 0 Å². The van der Waals surface area contributed by atoms with Gasteiger partial charge in [0.2, 0.25) is 0 Å². The summed E-state index contributed by atoms with van der Waals surface area (Å²) in [6.07, 6.45) is 2.32. The molecule has 0 atom stereocenters. The Balaban J connectivity index is 2.19. The Morgan fingerprint density at radius 1 is 1.18 bits per heavy atom. The number of ether oxygens (including phenoxy) is 2. The second-order valence-corrected chi connectivity index (χ2v) is 3.85. The Morgan fingerprint density at radius 2 is 2.06 bits per heavy atom. The Hall–Kier alpha value is -1.22. The van der Waals surface area contributed by atoms with Crippen molar-refractivity contribution in [3.05, 3.63) is 24.3 Å². The molecule has 0 aromatic heterocycles. The van der Waals surface area contributed by atoms with E-state index in [1.54, 1.807) is 0 Å². The Kier molecular flexibility index (Phi) is 7.23. The average molecular weight is 237 g/mol. The summed E-state index contributed by atoms with van der Waals surface area (Å²) >= 11 is 0. The van der Waals surface area contributed by atoms with Gasteiger partial charge in [0.15, 0.2) is 0 Å². The third kappa shape index (κ3) is 6.17. The van der Waals surface area contributed by atoms with Crippen LogP contribution in [-0.4, -0.2) is 26.4 Å². The predicted octanol–water partition coefficient (Wildman–Crippen LogP) is 3.31. The Bertz CT molecular complexity index is 302. The summed E-state index contributed by atoms with van der Waals surface area (Å²) in [6, 6.07) is 8.00. The van der Waals surface area contributed by atoms with Crippen LogP contribution >= 0.6 is 0 Å². The maximum atomic E-state index is 5.48. The van der Waals surface area contributed by atoms with E-state index in [0.29, 0.717) is 6.61 Å². The highest BCUT2D eigenvalue weighted by atomic mass is 16.5. The maximum Gasteiger partial charge on any atom is 0.121 e. The maximum absolute atomic E-state index is 5.48. The van der Waals surface area contributed by atoms with E-state index in [9.17, 15) is 0 Å². The molecule has 0 saturated carbocycles. The van der Waals surface area contributed by atoms with Crippen LogP contribution in [0.15, 0.2) is 24.3 Å². The lowest BCUT2D eigenvalue weighted by Gasteiger charge is -2.09. The predicted molar refractivity (Wildman–Crippen MR) is 71.8 cm³/mol. The molecule has 96 valence electrons. The molecule has 1 aromatic carbocycles. The van der Waals surface area contributed by atoms with E-state index in [4.69, 9.17) is 9.47 Å². The van der Waals surface area contributed by atoms with Gasteiger partial charge in [0.05, 0.1) is 13.2 Å². The van der Waals surface area contributed by atoms with E-state index in [1.165, 1.54) is 6.42 Å². The van der Waals surface area contributed by atoms with Crippen molar-refractivity contribution in [1.29, 1.82) is 0 Å². The number of nitrogens with one attached hydrogen (secondary N) is 1. The molecule has 3 heteroatoms. The van der Waals surface area contributed by atoms with Crippen molar-refractivity contribution in [2.24, 2.45) is 0 Å². The molecule has 17 heavy (non-hydrogen) atoms. The van der Waals surface area contributed by atoms with Crippen LogP contribution < -0.4 is 10.1 Å². The summed E-state index contributed by atoms with van der Waals surface area (Å²) in [5.41, 5.74) is 1.08. The highest BCUT2D eigenvalue weighted by molar-refractivity contribution is 5.48. The second kappa shape index (κ2) is 8.88. The number of benzene rings is 1. The standard InChI is InChI=1S/C14H23NO2/c1-3-5-10-16-11-9-15-13-7-6-8-14(12-13)17-4-2/h6-8,12,15H,3-5,9-11H2,1-2H3. The summed E-state index contributed by atoms with van der Waals surface area (Å²) < 4.78 is 10.9. The van der Waals surface area contributed by atoms with Crippen LogP contribution in [0, 0.1) is 0 Å². The molecule has 0 amide bonds. The Morgan fingerprint density at radius 3 is 2.82 bits per heavy atom. The molecule has 1 N–H and O–H groups in total. The van der Waals surface area contributed by atoms with Gasteiger partial charge in [-0.05, 0) is 25.5 Å². The van der Waals surface area contributed by atoms with Crippen LogP contribution in [0.25, 0.3) is 0 Å². The van der Waals surface area contributed by atoms with E-state index in [1.807, 2.05) is 31.2 Å². The number of hydrogen-bond acceptors (Lipinski definition) is 3. The van der Waals surface area contributed by atoms with E-state index in [0.717, 1.165) is 37.6 Å². The third-order valence-corrected chi connectivity index (χ3v) is 2.36. The average Bonchev–Trinajstić information content (AvgIpc) is 2.35. The van der Waals surface area contributed by atoms with Crippen LogP contribution in [0.4, 0.5) is 5.69 Å². The minimum atomic E-state index is 0.698. The molecule has 0 aliphatic carbocycles. The van der Waals surface area contributed by atoms with Gasteiger partial charge < -0.3 is 14.8 Å². The van der Waals surface area contributed by atoms with Crippen molar-refractivity contribution in [3.63, 3.8) is 0 Å². The minimum absolute atomic E-state index is 0.698. The zero-order chi connectivity index (χ0) is 12.3. The number of rotatable bonds is 9. The lowest BCUT2D eigenvalue weighted by Crippen LogP contribution is -2.10. The molecular formula is C14H23NO2. The van der Waals surface area contributed by atoms with Crippen molar-refractivity contribution in [2.75, 3.05) is 31.7 Å². The van der Waals surface area contributed by atoms with Gasteiger partial charge in [-0.2, -0.15) is 0 Å². The van der Waals surface area contributed by atoms with Crippen molar-refractivity contribution in [3.8, 4) is 5.75 Å². The first-order chi connectivity index (χ1) is 8.36. The molecule has 0 aliphatic heterocycles. The van der Waals surface area contributed by atoms with Gasteiger partial charge in [-0.1, -0.05) is 19.4 Å². The van der Waals surface area contributed by atoms with Crippen LogP contribution in [0.1, 0.15) is 26.7 Å². The van der Waals surface area contributed by atoms with Gasteiger partial charge in [-0.25, -0.2) is 0 Å². The normalized spacial score (nSPS) is 10.2. The summed E-state index contributed by atoms with van der Waals surface area (Å²) in [6.45, 7) is 7.29. The van der Waals surface area contributed by atoms with E-state index < -0.39 is 0 Å². The van der Waals surface area contributed by atoms with Crippen LogP contribution in [0.2, 0.25) is 0 Å². The van der Waals surface area contributed by atoms with Crippen molar-refractivity contribution >= 4 is 5.69 Å². The topological polar surface area (TPSA) is 30.5 Å². The summed E-state index contributed by atoms with van der Waals surface area (Å²) in [7, 11) is 0. The van der Waals surface area contributed by atoms with E-state index >= 15 is 0 Å². The molecule has 0 aliphatic rings. The first-order valence-corrected chi connectivity index (χ1v) is 6.41. The van der Waals surface area contributed by atoms with Crippen LogP contribution in [-0.2, 0) is 4.74 Å². The van der Waals surface area contributed by atoms with Crippen molar-refractivity contribution < 1.29 is 9.47 Å². The quantitative estimate of drug-likeness (QED) is 0.668. The van der Waals surface area contributed by atoms with Gasteiger partial charge in [0, 0.05) is 24.9 Å². The number of anilines is 1. The highest BCUT2D eigenvalue weighted by Crippen LogP contribution is 2.16. The van der Waals surface area contributed by atoms with Gasteiger partial charge in [-0.15, -0.1) is 0 Å². The summed E-state index contributed by atoms with van der Waals surface area (Å²) in [5.74, 6) is 0.907. The summed E-state index contributed by atoms with van der Waals surface area (Å²) in [5, 5.41) is 3.32. The molecule has 0 unspecified atom stereocenters. The molecule has 0 bridgehead atoms. The molecule has 0 spiro atoms. The van der Waals surface area contributed by atoms with Gasteiger partial charge in [0.1, 0.15) is 5.75 Å². The molecule has 0 saturated heterocycles. The summed E-state index contributed by atoms with van der Waals surface area (Å²) in [4.78, 5) is 0. The largest absolute Gasteiger partial charge is 0.494 e. The molecule has 1 rings (SSSR count). The van der Waals surface area contributed by atoms with Crippen LogP contribution in [0.3, 0.4) is 0 Å². The fourth-order valence-electron chi connectivity index (χ4n) is 1.48. The molecule has 0 fully saturated rings. The fourth-order valence-corrected chi connectivity index (χ4v) is 1.48. The number of hydrogen-bond donors (Lipinski definition) is 1. The van der Waals surface area contributed by atoms with E-state index in [2.05, 4.69) is 12.2 Å².